The van der Waals surface area contributed by atoms with Crippen molar-refractivity contribution in [2.75, 3.05) is 17.6 Å². The van der Waals surface area contributed by atoms with E-state index >= 15 is 0 Å². The lowest BCUT2D eigenvalue weighted by Crippen LogP contribution is -2.45. The van der Waals surface area contributed by atoms with E-state index in [4.69, 9.17) is 10.7 Å². The van der Waals surface area contributed by atoms with Gasteiger partial charge in [0.25, 0.3) is 5.91 Å². The fourth-order valence-electron chi connectivity index (χ4n) is 5.34. The predicted molar refractivity (Wildman–Crippen MR) is 146 cm³/mol. The second-order valence-electron chi connectivity index (χ2n) is 10.5. The van der Waals surface area contributed by atoms with E-state index in [1.807, 2.05) is 46.7 Å². The minimum Gasteiger partial charge on any atom is -0.382 e. The number of rotatable bonds is 5. The van der Waals surface area contributed by atoms with E-state index < -0.39 is 0 Å². The van der Waals surface area contributed by atoms with Crippen LogP contribution in [0.3, 0.4) is 0 Å². The molecule has 4 heterocycles. The monoisotopic (exact) mass is 509 g/mol. The Kier molecular flexibility index (Phi) is 6.06. The number of imidazole rings is 1. The highest BCUT2D eigenvalue weighted by Crippen LogP contribution is 2.38. The van der Waals surface area contributed by atoms with Crippen LogP contribution in [0, 0.1) is 12.8 Å². The van der Waals surface area contributed by atoms with Gasteiger partial charge in [0.05, 0.1) is 0 Å². The molecule has 9 nitrogen and oxygen atoms in total. The lowest BCUT2D eigenvalue weighted by Gasteiger charge is -2.37. The maximum Gasteiger partial charge on any atom is 0.256 e. The van der Waals surface area contributed by atoms with Gasteiger partial charge in [-0.3, -0.25) is 14.0 Å². The van der Waals surface area contributed by atoms with Crippen molar-refractivity contribution in [1.82, 2.24) is 24.3 Å². The molecular formula is C29H31N7O2. The van der Waals surface area contributed by atoms with Crippen LogP contribution in [-0.2, 0) is 4.79 Å². The minimum absolute atomic E-state index is 0.101. The molecule has 194 valence electrons. The first-order valence-corrected chi connectivity index (χ1v) is 13.2. The zero-order valence-corrected chi connectivity index (χ0v) is 21.6. The molecule has 1 aliphatic heterocycles. The number of nitrogens with two attached hydrogens (primary N) is 1. The quantitative estimate of drug-likeness (QED) is 0.411. The van der Waals surface area contributed by atoms with E-state index in [0.717, 1.165) is 53.8 Å². The van der Waals surface area contributed by atoms with Crippen molar-refractivity contribution in [3.05, 3.63) is 71.9 Å². The van der Waals surface area contributed by atoms with Gasteiger partial charge in [0.1, 0.15) is 28.7 Å². The number of hydrogen-bond acceptors (Lipinski definition) is 6. The Morgan fingerprint density at radius 2 is 1.82 bits per heavy atom. The third-order valence-corrected chi connectivity index (χ3v) is 7.64. The largest absolute Gasteiger partial charge is 0.382 e. The number of aromatic nitrogens is 4. The molecule has 0 spiro atoms. The van der Waals surface area contributed by atoms with Gasteiger partial charge < -0.3 is 16.0 Å². The number of nitrogens with one attached hydrogen (secondary N) is 1. The molecular weight excluding hydrogens is 478 g/mol. The lowest BCUT2D eigenvalue weighted by molar-refractivity contribution is -0.136. The molecule has 0 unspecified atom stereocenters. The number of aryl methyl sites for hydroxylation is 1. The van der Waals surface area contributed by atoms with Crippen LogP contribution in [0.15, 0.2) is 55.0 Å². The molecule has 1 aliphatic carbocycles. The van der Waals surface area contributed by atoms with Crippen LogP contribution in [0.25, 0.3) is 16.8 Å². The SMILES string of the molecule is Cc1ccnc(NC(=O)c2ccc(-c3nc([C@@H]4CC[C@H](C)N(C(=O)C5CC5)C4)n4ccnc(N)c34)cc2)c1. The molecule has 38 heavy (non-hydrogen) atoms. The summed E-state index contributed by atoms with van der Waals surface area (Å²) in [6.45, 7) is 4.75. The van der Waals surface area contributed by atoms with Gasteiger partial charge in [0.2, 0.25) is 5.91 Å². The van der Waals surface area contributed by atoms with Crippen LogP contribution < -0.4 is 11.1 Å². The number of benzene rings is 1. The number of piperidine rings is 1. The van der Waals surface area contributed by atoms with Gasteiger partial charge in [-0.2, -0.15) is 0 Å². The highest BCUT2D eigenvalue weighted by Gasteiger charge is 2.39. The van der Waals surface area contributed by atoms with Crippen LogP contribution in [-0.4, -0.2) is 48.7 Å². The first kappa shape index (κ1) is 24.1. The summed E-state index contributed by atoms with van der Waals surface area (Å²) in [7, 11) is 0. The van der Waals surface area contributed by atoms with Crippen LogP contribution in [0.1, 0.15) is 60.3 Å². The average molecular weight is 510 g/mol. The Hall–Kier alpha value is -4.27. The fraction of sp³-hybridized carbons (Fsp3) is 0.345. The fourth-order valence-corrected chi connectivity index (χ4v) is 5.34. The molecule has 9 heteroatoms. The number of hydrogen-bond donors (Lipinski definition) is 2. The van der Waals surface area contributed by atoms with Gasteiger partial charge in [0, 0.05) is 54.1 Å². The van der Waals surface area contributed by atoms with E-state index in [-0.39, 0.29) is 29.7 Å². The number of fused-ring (bicyclic) bond motifs is 1. The van der Waals surface area contributed by atoms with Gasteiger partial charge in [-0.15, -0.1) is 0 Å². The Labute approximate surface area is 221 Å². The van der Waals surface area contributed by atoms with Crippen LogP contribution in [0.5, 0.6) is 0 Å². The highest BCUT2D eigenvalue weighted by molar-refractivity contribution is 6.04. The Bertz CT molecular complexity index is 1520. The third-order valence-electron chi connectivity index (χ3n) is 7.64. The van der Waals surface area contributed by atoms with Crippen molar-refractivity contribution in [1.29, 1.82) is 0 Å². The minimum atomic E-state index is -0.233. The number of anilines is 2. The van der Waals surface area contributed by atoms with Gasteiger partial charge in [-0.1, -0.05) is 12.1 Å². The van der Waals surface area contributed by atoms with Crippen molar-refractivity contribution in [3.63, 3.8) is 0 Å². The summed E-state index contributed by atoms with van der Waals surface area (Å²) in [4.78, 5) is 41.4. The van der Waals surface area contributed by atoms with Crippen LogP contribution in [0.2, 0.25) is 0 Å². The molecule has 1 aromatic carbocycles. The van der Waals surface area contributed by atoms with E-state index in [1.54, 1.807) is 24.5 Å². The number of amides is 2. The maximum absolute atomic E-state index is 12.9. The summed E-state index contributed by atoms with van der Waals surface area (Å²) in [6.07, 6.45) is 9.13. The zero-order chi connectivity index (χ0) is 26.4. The molecule has 0 bridgehead atoms. The zero-order valence-electron chi connectivity index (χ0n) is 21.6. The number of pyridine rings is 1. The smallest absolute Gasteiger partial charge is 0.256 e. The summed E-state index contributed by atoms with van der Waals surface area (Å²) in [5.74, 6) is 2.13. The third kappa shape index (κ3) is 4.49. The summed E-state index contributed by atoms with van der Waals surface area (Å²) < 4.78 is 2.02. The predicted octanol–water partition coefficient (Wildman–Crippen LogP) is 4.44. The van der Waals surface area contributed by atoms with Crippen LogP contribution in [0.4, 0.5) is 11.6 Å². The molecule has 3 aromatic heterocycles. The normalized spacial score (nSPS) is 19.5. The average Bonchev–Trinajstić information content (AvgIpc) is 3.69. The molecule has 4 aromatic rings. The van der Waals surface area contributed by atoms with Gasteiger partial charge in [-0.25, -0.2) is 15.0 Å². The number of nitrogens with zero attached hydrogens (tertiary/aromatic N) is 5. The number of nitrogen functional groups attached to an aromatic ring is 1. The van der Waals surface area contributed by atoms with Crippen molar-refractivity contribution < 1.29 is 9.59 Å². The van der Waals surface area contributed by atoms with Crippen molar-refractivity contribution in [2.24, 2.45) is 5.92 Å². The molecule has 2 atom stereocenters. The topological polar surface area (TPSA) is 119 Å². The first-order chi connectivity index (χ1) is 18.4. The van der Waals surface area contributed by atoms with Gasteiger partial charge in [0.15, 0.2) is 0 Å². The highest BCUT2D eigenvalue weighted by atomic mass is 16.2. The maximum atomic E-state index is 12.9. The lowest BCUT2D eigenvalue weighted by atomic mass is 9.92. The van der Waals surface area contributed by atoms with E-state index in [9.17, 15) is 9.59 Å². The Balaban J connectivity index is 1.30. The molecule has 2 aliphatic rings. The summed E-state index contributed by atoms with van der Waals surface area (Å²) in [5.41, 5.74) is 10.2. The first-order valence-electron chi connectivity index (χ1n) is 13.2. The number of likely N-dealkylation sites (tertiary alicyclic amines) is 1. The van der Waals surface area contributed by atoms with Gasteiger partial charge in [-0.05, 0) is 69.4 Å². The molecule has 2 amide bonds. The molecule has 1 saturated heterocycles. The summed E-state index contributed by atoms with van der Waals surface area (Å²) >= 11 is 0. The van der Waals surface area contributed by atoms with E-state index in [0.29, 0.717) is 23.7 Å². The van der Waals surface area contributed by atoms with Crippen molar-refractivity contribution >= 4 is 29.0 Å². The number of carbonyl (C=O) groups excluding carboxylic acids is 2. The molecule has 3 N–H and O–H groups in total. The molecule has 2 fully saturated rings. The second kappa shape index (κ2) is 9.55. The Morgan fingerprint density at radius 3 is 2.55 bits per heavy atom. The van der Waals surface area contributed by atoms with E-state index in [1.165, 1.54) is 0 Å². The molecule has 6 rings (SSSR count). The van der Waals surface area contributed by atoms with E-state index in [2.05, 4.69) is 22.2 Å². The van der Waals surface area contributed by atoms with Gasteiger partial charge >= 0.3 is 0 Å². The summed E-state index contributed by atoms with van der Waals surface area (Å²) in [6, 6.07) is 11.3. The second-order valence-corrected chi connectivity index (χ2v) is 10.5. The standard InChI is InChI=1S/C29H31N7O2/c1-17-11-12-31-23(15-17)33-28(37)20-7-5-19(6-8-20)24-25-26(30)32-13-14-35(25)27(34-24)22-4-3-18(2)36(16-22)29(38)21-9-10-21/h5-8,11-15,18,21-22H,3-4,9-10,16H2,1-2H3,(H2,30,32)(H,31,33,37)/t18-,22+/m0/s1. The van der Waals surface area contributed by atoms with Crippen LogP contribution >= 0.6 is 0 Å². The Morgan fingerprint density at radius 1 is 1.03 bits per heavy atom. The molecule has 1 saturated carbocycles. The number of carbonyl (C=O) groups is 2. The van der Waals surface area contributed by atoms with Crippen molar-refractivity contribution in [2.45, 2.75) is 51.5 Å². The summed E-state index contributed by atoms with van der Waals surface area (Å²) in [5, 5.41) is 2.84. The van der Waals surface area contributed by atoms with Crippen molar-refractivity contribution in [3.8, 4) is 11.3 Å². The molecule has 0 radical (unpaired) electrons.